The summed E-state index contributed by atoms with van der Waals surface area (Å²) >= 11 is 0. The second-order valence-electron chi connectivity index (χ2n) is 8.60. The second kappa shape index (κ2) is 7.58. The van der Waals surface area contributed by atoms with E-state index in [4.69, 9.17) is 14.2 Å². The van der Waals surface area contributed by atoms with E-state index < -0.39 is 5.60 Å². The van der Waals surface area contributed by atoms with Crippen molar-refractivity contribution in [2.24, 2.45) is 0 Å². The van der Waals surface area contributed by atoms with Crippen LogP contribution in [0.25, 0.3) is 0 Å². The molecular weight excluding hydrogens is 344 g/mol. The van der Waals surface area contributed by atoms with Crippen LogP contribution in [0.3, 0.4) is 0 Å². The Hall–Kier alpha value is -1.95. The molecule has 0 radical (unpaired) electrons. The quantitative estimate of drug-likeness (QED) is 0.843. The summed E-state index contributed by atoms with van der Waals surface area (Å²) in [6.45, 7) is 6.63. The molecule has 150 valence electrons. The Morgan fingerprint density at radius 3 is 2.59 bits per heavy atom. The van der Waals surface area contributed by atoms with Crippen LogP contribution < -0.4 is 20.1 Å². The highest BCUT2D eigenvalue weighted by atomic mass is 16.6. The molecule has 1 saturated heterocycles. The van der Waals surface area contributed by atoms with Gasteiger partial charge in [0, 0.05) is 17.5 Å². The fourth-order valence-electron chi connectivity index (χ4n) is 4.52. The summed E-state index contributed by atoms with van der Waals surface area (Å²) in [5.41, 5.74) is 0.880. The SMILES string of the molecule is COc1ccc([C@]23CCN[C@@H]2C[C@@H](NC(=O)OC(C)(C)C)CC3)cc1OC. The predicted octanol–water partition coefficient (Wildman–Crippen LogP) is 3.38. The minimum Gasteiger partial charge on any atom is -0.493 e. The van der Waals surface area contributed by atoms with Gasteiger partial charge in [0.15, 0.2) is 11.5 Å². The molecule has 3 atom stereocenters. The van der Waals surface area contributed by atoms with E-state index in [2.05, 4.69) is 22.8 Å². The van der Waals surface area contributed by atoms with Gasteiger partial charge in [-0.1, -0.05) is 6.07 Å². The smallest absolute Gasteiger partial charge is 0.407 e. The van der Waals surface area contributed by atoms with Gasteiger partial charge in [-0.3, -0.25) is 0 Å². The first-order valence-electron chi connectivity index (χ1n) is 9.73. The molecule has 0 bridgehead atoms. The van der Waals surface area contributed by atoms with Crippen molar-refractivity contribution in [3.05, 3.63) is 23.8 Å². The molecule has 0 unspecified atom stereocenters. The number of amides is 1. The number of hydrogen-bond donors (Lipinski definition) is 2. The Kier molecular flexibility index (Phi) is 5.56. The number of ether oxygens (including phenoxy) is 3. The van der Waals surface area contributed by atoms with Gasteiger partial charge < -0.3 is 24.8 Å². The zero-order chi connectivity index (χ0) is 19.7. The molecule has 6 heteroatoms. The predicted molar refractivity (Wildman–Crippen MR) is 105 cm³/mol. The van der Waals surface area contributed by atoms with Crippen molar-refractivity contribution in [2.75, 3.05) is 20.8 Å². The van der Waals surface area contributed by atoms with Gasteiger partial charge in [0.25, 0.3) is 0 Å². The summed E-state index contributed by atoms with van der Waals surface area (Å²) in [6, 6.07) is 6.71. The van der Waals surface area contributed by atoms with Gasteiger partial charge in [-0.25, -0.2) is 4.79 Å². The summed E-state index contributed by atoms with van der Waals surface area (Å²) in [4.78, 5) is 12.1. The lowest BCUT2D eigenvalue weighted by atomic mass is 9.65. The molecule has 0 aromatic heterocycles. The van der Waals surface area contributed by atoms with Gasteiger partial charge in [-0.2, -0.15) is 0 Å². The first kappa shape index (κ1) is 19.8. The number of alkyl carbamates (subject to hydrolysis) is 1. The number of nitrogens with one attached hydrogen (secondary N) is 2. The highest BCUT2D eigenvalue weighted by molar-refractivity contribution is 5.68. The molecule has 27 heavy (non-hydrogen) atoms. The van der Waals surface area contributed by atoms with Gasteiger partial charge in [0.2, 0.25) is 0 Å². The van der Waals surface area contributed by atoms with Gasteiger partial charge in [0.05, 0.1) is 14.2 Å². The van der Waals surface area contributed by atoms with E-state index in [1.54, 1.807) is 14.2 Å². The van der Waals surface area contributed by atoms with Crippen LogP contribution in [0.2, 0.25) is 0 Å². The van der Waals surface area contributed by atoms with Crippen LogP contribution in [-0.2, 0) is 10.2 Å². The first-order chi connectivity index (χ1) is 12.8. The number of rotatable bonds is 4. The first-order valence-corrected chi connectivity index (χ1v) is 9.73. The van der Waals surface area contributed by atoms with Crippen LogP contribution in [-0.4, -0.2) is 44.5 Å². The summed E-state index contributed by atoms with van der Waals surface area (Å²) in [5, 5.41) is 6.70. The van der Waals surface area contributed by atoms with Crippen LogP contribution in [0.1, 0.15) is 52.0 Å². The Labute approximate surface area is 161 Å². The van der Waals surface area contributed by atoms with Crippen LogP contribution >= 0.6 is 0 Å². The standard InChI is InChI=1S/C21H32N2O4/c1-20(2,3)27-19(24)23-15-8-9-21(10-11-22-18(21)13-15)14-6-7-16(25-4)17(12-14)26-5/h6-7,12,15,18,22H,8-11,13H2,1-5H3,(H,23,24)/t15-,18+,21-/m0/s1. The fourth-order valence-corrected chi connectivity index (χ4v) is 4.52. The number of carbonyl (C=O) groups excluding carboxylic acids is 1. The van der Waals surface area contributed by atoms with Crippen LogP contribution in [0.15, 0.2) is 18.2 Å². The van der Waals surface area contributed by atoms with E-state index in [1.165, 1.54) is 5.56 Å². The normalized spacial score (nSPS) is 27.6. The fraction of sp³-hybridized carbons (Fsp3) is 0.667. The number of hydrogen-bond acceptors (Lipinski definition) is 5. The third kappa shape index (κ3) is 4.15. The van der Waals surface area contributed by atoms with E-state index in [0.29, 0.717) is 6.04 Å². The molecule has 1 heterocycles. The molecule has 2 N–H and O–H groups in total. The monoisotopic (exact) mass is 376 g/mol. The van der Waals surface area contributed by atoms with Crippen molar-refractivity contribution in [3.63, 3.8) is 0 Å². The molecule has 1 amide bonds. The van der Waals surface area contributed by atoms with Crippen molar-refractivity contribution >= 4 is 6.09 Å². The zero-order valence-corrected chi connectivity index (χ0v) is 17.1. The van der Waals surface area contributed by atoms with Gasteiger partial charge in [0.1, 0.15) is 5.60 Å². The molecule has 6 nitrogen and oxygen atoms in total. The maximum atomic E-state index is 12.1. The van der Waals surface area contributed by atoms with Crippen LogP contribution in [0.5, 0.6) is 11.5 Å². The lowest BCUT2D eigenvalue weighted by molar-refractivity contribution is 0.0479. The van der Waals surface area contributed by atoms with Gasteiger partial charge in [-0.05, 0) is 70.7 Å². The Balaban J connectivity index is 1.74. The van der Waals surface area contributed by atoms with E-state index in [0.717, 1.165) is 43.7 Å². The number of methoxy groups -OCH3 is 2. The van der Waals surface area contributed by atoms with Crippen LogP contribution in [0, 0.1) is 0 Å². The minimum atomic E-state index is -0.478. The summed E-state index contributed by atoms with van der Waals surface area (Å²) < 4.78 is 16.3. The molecule has 2 aliphatic rings. The van der Waals surface area contributed by atoms with Crippen molar-refractivity contribution in [3.8, 4) is 11.5 Å². The average molecular weight is 376 g/mol. The molecule has 1 saturated carbocycles. The largest absolute Gasteiger partial charge is 0.493 e. The summed E-state index contributed by atoms with van der Waals surface area (Å²) in [6.07, 6.45) is 3.61. The molecule has 1 aliphatic carbocycles. The molecular formula is C21H32N2O4. The molecule has 1 aliphatic heterocycles. The third-order valence-corrected chi connectivity index (χ3v) is 5.77. The molecule has 3 rings (SSSR count). The molecule has 0 spiro atoms. The zero-order valence-electron chi connectivity index (χ0n) is 17.1. The Morgan fingerprint density at radius 1 is 1.19 bits per heavy atom. The second-order valence-corrected chi connectivity index (χ2v) is 8.60. The highest BCUT2D eigenvalue weighted by Crippen LogP contribution is 2.47. The van der Waals surface area contributed by atoms with Crippen molar-refractivity contribution in [2.45, 2.75) is 69.6 Å². The average Bonchev–Trinajstić information content (AvgIpc) is 3.03. The molecule has 1 aromatic carbocycles. The maximum absolute atomic E-state index is 12.1. The van der Waals surface area contributed by atoms with Crippen LogP contribution in [0.4, 0.5) is 4.79 Å². The topological polar surface area (TPSA) is 68.8 Å². The lowest BCUT2D eigenvalue weighted by Crippen LogP contribution is -2.52. The summed E-state index contributed by atoms with van der Waals surface area (Å²) in [7, 11) is 3.33. The van der Waals surface area contributed by atoms with Crippen molar-refractivity contribution < 1.29 is 19.0 Å². The third-order valence-electron chi connectivity index (χ3n) is 5.77. The maximum Gasteiger partial charge on any atom is 0.407 e. The molecule has 2 fully saturated rings. The lowest BCUT2D eigenvalue weighted by Gasteiger charge is -2.43. The van der Waals surface area contributed by atoms with Gasteiger partial charge >= 0.3 is 6.09 Å². The minimum absolute atomic E-state index is 0.0751. The van der Waals surface area contributed by atoms with Gasteiger partial charge in [-0.15, -0.1) is 0 Å². The number of carbonyl (C=O) groups is 1. The summed E-state index contributed by atoms with van der Waals surface area (Å²) in [5.74, 6) is 1.52. The Morgan fingerprint density at radius 2 is 1.93 bits per heavy atom. The van der Waals surface area contributed by atoms with E-state index >= 15 is 0 Å². The van der Waals surface area contributed by atoms with E-state index in [9.17, 15) is 4.79 Å². The van der Waals surface area contributed by atoms with Crippen molar-refractivity contribution in [1.29, 1.82) is 0 Å². The van der Waals surface area contributed by atoms with E-state index in [1.807, 2.05) is 26.8 Å². The highest BCUT2D eigenvalue weighted by Gasteiger charge is 2.48. The van der Waals surface area contributed by atoms with E-state index in [-0.39, 0.29) is 17.6 Å². The van der Waals surface area contributed by atoms with Crippen molar-refractivity contribution in [1.82, 2.24) is 10.6 Å². The Bertz CT molecular complexity index is 685. The number of fused-ring (bicyclic) bond motifs is 1. The molecule has 1 aromatic rings. The number of benzene rings is 1.